The van der Waals surface area contributed by atoms with Crippen LogP contribution >= 0.6 is 11.3 Å². The van der Waals surface area contributed by atoms with Gasteiger partial charge in [0.1, 0.15) is 0 Å². The third kappa shape index (κ3) is 3.77. The highest BCUT2D eigenvalue weighted by Gasteiger charge is 2.42. The van der Waals surface area contributed by atoms with E-state index in [4.69, 9.17) is 5.11 Å². The molecule has 0 aliphatic carbocycles. The van der Waals surface area contributed by atoms with Crippen LogP contribution in [0.5, 0.6) is 0 Å². The van der Waals surface area contributed by atoms with E-state index >= 15 is 0 Å². The summed E-state index contributed by atoms with van der Waals surface area (Å²) in [6.07, 6.45) is 0.823. The lowest BCUT2D eigenvalue weighted by Gasteiger charge is -2.23. The first-order valence-corrected chi connectivity index (χ1v) is 9.24. The standard InChI is InChI=1S/C19H20N2O4S/c1-21-16(22)11-14(17(21)15-3-2-10-26-15)18(23)20-9-8-12-4-6-13(7-5-12)19(24)25/h2-7,10,14,17H,8-9,11H2,1H3,(H,20,23)(H,24,25)/t14-,17-/m1/s1. The Hall–Kier alpha value is -2.67. The average molecular weight is 372 g/mol. The Morgan fingerprint density at radius 3 is 2.62 bits per heavy atom. The summed E-state index contributed by atoms with van der Waals surface area (Å²) in [4.78, 5) is 38.2. The summed E-state index contributed by atoms with van der Waals surface area (Å²) in [5.74, 6) is -1.49. The van der Waals surface area contributed by atoms with Crippen LogP contribution < -0.4 is 5.32 Å². The molecule has 0 spiro atoms. The monoisotopic (exact) mass is 372 g/mol. The fourth-order valence-electron chi connectivity index (χ4n) is 3.23. The second kappa shape index (κ2) is 7.70. The highest BCUT2D eigenvalue weighted by atomic mass is 32.1. The molecular weight excluding hydrogens is 352 g/mol. The Labute approximate surface area is 155 Å². The van der Waals surface area contributed by atoms with Crippen LogP contribution in [-0.2, 0) is 16.0 Å². The second-order valence-electron chi connectivity index (χ2n) is 6.32. The Morgan fingerprint density at radius 2 is 2.00 bits per heavy atom. The van der Waals surface area contributed by atoms with E-state index in [2.05, 4.69) is 5.32 Å². The fraction of sp³-hybridized carbons (Fsp3) is 0.316. The molecule has 0 bridgehead atoms. The summed E-state index contributed by atoms with van der Waals surface area (Å²) >= 11 is 1.55. The van der Waals surface area contributed by atoms with E-state index < -0.39 is 5.97 Å². The number of hydrogen-bond acceptors (Lipinski definition) is 4. The van der Waals surface area contributed by atoms with Crippen LogP contribution in [-0.4, -0.2) is 41.4 Å². The molecule has 1 aromatic heterocycles. The number of rotatable bonds is 6. The van der Waals surface area contributed by atoms with Gasteiger partial charge >= 0.3 is 5.97 Å². The van der Waals surface area contributed by atoms with E-state index in [1.54, 1.807) is 47.5 Å². The van der Waals surface area contributed by atoms with Crippen molar-refractivity contribution in [2.75, 3.05) is 13.6 Å². The maximum Gasteiger partial charge on any atom is 0.335 e. The molecule has 2 aromatic rings. The molecule has 0 radical (unpaired) electrons. The molecule has 2 N–H and O–H groups in total. The molecule has 1 aliphatic rings. The second-order valence-corrected chi connectivity index (χ2v) is 7.30. The fourth-order valence-corrected chi connectivity index (χ4v) is 4.16. The number of carbonyl (C=O) groups is 3. The predicted molar refractivity (Wildman–Crippen MR) is 98.1 cm³/mol. The largest absolute Gasteiger partial charge is 0.478 e. The van der Waals surface area contributed by atoms with Gasteiger partial charge in [-0.05, 0) is 35.6 Å². The first kappa shape index (κ1) is 18.1. The molecule has 2 atom stereocenters. The Balaban J connectivity index is 1.58. The van der Waals surface area contributed by atoms with Gasteiger partial charge in [0, 0.05) is 24.9 Å². The maximum absolute atomic E-state index is 12.6. The first-order chi connectivity index (χ1) is 12.5. The first-order valence-electron chi connectivity index (χ1n) is 8.36. The smallest absolute Gasteiger partial charge is 0.335 e. The Kier molecular flexibility index (Phi) is 5.37. The molecule has 1 aromatic carbocycles. The topological polar surface area (TPSA) is 86.7 Å². The normalized spacial score (nSPS) is 19.6. The summed E-state index contributed by atoms with van der Waals surface area (Å²) in [7, 11) is 1.74. The van der Waals surface area contributed by atoms with E-state index in [1.165, 1.54) is 0 Å². The molecule has 26 heavy (non-hydrogen) atoms. The molecule has 2 heterocycles. The van der Waals surface area contributed by atoms with Crippen LogP contribution in [0.4, 0.5) is 0 Å². The van der Waals surface area contributed by atoms with E-state index in [0.29, 0.717) is 13.0 Å². The molecule has 3 rings (SSSR count). The number of amides is 2. The molecule has 1 saturated heterocycles. The quantitative estimate of drug-likeness (QED) is 0.815. The molecule has 6 nitrogen and oxygen atoms in total. The van der Waals surface area contributed by atoms with Crippen molar-refractivity contribution in [3.63, 3.8) is 0 Å². The third-order valence-corrected chi connectivity index (χ3v) is 5.61. The lowest BCUT2D eigenvalue weighted by Crippen LogP contribution is -2.35. The predicted octanol–water partition coefficient (Wildman–Crippen LogP) is 2.32. The van der Waals surface area contributed by atoms with Gasteiger partial charge in [-0.2, -0.15) is 0 Å². The van der Waals surface area contributed by atoms with Gasteiger partial charge in [0.2, 0.25) is 11.8 Å². The summed E-state index contributed by atoms with van der Waals surface area (Å²) < 4.78 is 0. The number of likely N-dealkylation sites (tertiary alicyclic amines) is 1. The average Bonchev–Trinajstić information content (AvgIpc) is 3.24. The van der Waals surface area contributed by atoms with E-state index in [9.17, 15) is 14.4 Å². The van der Waals surface area contributed by atoms with Crippen molar-refractivity contribution < 1.29 is 19.5 Å². The van der Waals surface area contributed by atoms with Gasteiger partial charge in [0.25, 0.3) is 0 Å². The van der Waals surface area contributed by atoms with Crippen LogP contribution in [0.1, 0.15) is 33.3 Å². The number of thiophene rings is 1. The van der Waals surface area contributed by atoms with Gasteiger partial charge in [-0.15, -0.1) is 11.3 Å². The molecule has 1 aliphatic heterocycles. The van der Waals surface area contributed by atoms with Gasteiger partial charge in [0.05, 0.1) is 17.5 Å². The summed E-state index contributed by atoms with van der Waals surface area (Å²) in [5, 5.41) is 13.8. The molecule has 7 heteroatoms. The number of carbonyl (C=O) groups excluding carboxylic acids is 2. The molecule has 136 valence electrons. The van der Waals surface area contributed by atoms with E-state index in [0.717, 1.165) is 10.4 Å². The number of carboxylic acid groups (broad SMARTS) is 1. The van der Waals surface area contributed by atoms with Gasteiger partial charge in [-0.3, -0.25) is 9.59 Å². The van der Waals surface area contributed by atoms with Gasteiger partial charge in [-0.1, -0.05) is 18.2 Å². The van der Waals surface area contributed by atoms with Crippen molar-refractivity contribution in [1.29, 1.82) is 0 Å². The van der Waals surface area contributed by atoms with Crippen molar-refractivity contribution in [2.24, 2.45) is 5.92 Å². The Morgan fingerprint density at radius 1 is 1.27 bits per heavy atom. The zero-order chi connectivity index (χ0) is 18.7. The minimum Gasteiger partial charge on any atom is -0.478 e. The van der Waals surface area contributed by atoms with Crippen molar-refractivity contribution >= 4 is 29.1 Å². The van der Waals surface area contributed by atoms with Crippen LogP contribution in [0.3, 0.4) is 0 Å². The Bertz CT molecular complexity index is 801. The SMILES string of the molecule is CN1C(=O)C[C@@H](C(=O)NCCc2ccc(C(=O)O)cc2)[C@@H]1c1cccs1. The number of hydrogen-bond donors (Lipinski definition) is 2. The highest BCUT2D eigenvalue weighted by Crippen LogP contribution is 2.39. The molecule has 0 unspecified atom stereocenters. The number of aromatic carboxylic acids is 1. The summed E-state index contributed by atoms with van der Waals surface area (Å²) in [6.45, 7) is 0.441. The molecule has 1 fully saturated rings. The van der Waals surface area contributed by atoms with Gasteiger partial charge < -0.3 is 15.3 Å². The van der Waals surface area contributed by atoms with Crippen molar-refractivity contribution in [3.05, 3.63) is 57.8 Å². The van der Waals surface area contributed by atoms with Crippen molar-refractivity contribution in [1.82, 2.24) is 10.2 Å². The van der Waals surface area contributed by atoms with Gasteiger partial charge in [-0.25, -0.2) is 4.79 Å². The van der Waals surface area contributed by atoms with Crippen LogP contribution in [0.15, 0.2) is 41.8 Å². The number of carboxylic acids is 1. The van der Waals surface area contributed by atoms with E-state index in [1.807, 2.05) is 17.5 Å². The van der Waals surface area contributed by atoms with Crippen molar-refractivity contribution in [3.8, 4) is 0 Å². The minimum absolute atomic E-state index is 0.0205. The van der Waals surface area contributed by atoms with Crippen LogP contribution in [0.25, 0.3) is 0 Å². The minimum atomic E-state index is -0.959. The van der Waals surface area contributed by atoms with Crippen LogP contribution in [0, 0.1) is 5.92 Å². The number of nitrogens with zero attached hydrogens (tertiary/aromatic N) is 1. The lowest BCUT2D eigenvalue weighted by atomic mass is 9.98. The third-order valence-electron chi connectivity index (χ3n) is 4.67. The highest BCUT2D eigenvalue weighted by molar-refractivity contribution is 7.10. The summed E-state index contributed by atoms with van der Waals surface area (Å²) in [5.41, 5.74) is 1.19. The number of benzene rings is 1. The van der Waals surface area contributed by atoms with Crippen LogP contribution in [0.2, 0.25) is 0 Å². The van der Waals surface area contributed by atoms with Crippen molar-refractivity contribution in [2.45, 2.75) is 18.9 Å². The maximum atomic E-state index is 12.6. The molecule has 0 saturated carbocycles. The van der Waals surface area contributed by atoms with Gasteiger partial charge in [0.15, 0.2) is 0 Å². The zero-order valence-electron chi connectivity index (χ0n) is 14.3. The summed E-state index contributed by atoms with van der Waals surface area (Å²) in [6, 6.07) is 10.3. The zero-order valence-corrected chi connectivity index (χ0v) is 15.2. The number of nitrogens with one attached hydrogen (secondary N) is 1. The lowest BCUT2D eigenvalue weighted by molar-refractivity contribution is -0.128. The molecule has 2 amide bonds. The molecular formula is C19H20N2O4S. The van der Waals surface area contributed by atoms with E-state index in [-0.39, 0.29) is 35.8 Å².